The van der Waals surface area contributed by atoms with Crippen LogP contribution in [-0.4, -0.2) is 49.1 Å². The van der Waals surface area contributed by atoms with Crippen LogP contribution in [0.15, 0.2) is 0 Å². The quantitative estimate of drug-likeness (QED) is 0.637. The van der Waals surface area contributed by atoms with Crippen LogP contribution < -0.4 is 10.6 Å². The molecule has 1 fully saturated rings. The van der Waals surface area contributed by atoms with Crippen molar-refractivity contribution in [2.45, 2.75) is 71.4 Å². The zero-order chi connectivity index (χ0) is 14.8. The van der Waals surface area contributed by atoms with E-state index in [0.29, 0.717) is 18.6 Å². The average Bonchev–Trinajstić information content (AvgIpc) is 2.41. The molecule has 0 saturated carbocycles. The van der Waals surface area contributed by atoms with E-state index in [-0.39, 0.29) is 5.91 Å². The van der Waals surface area contributed by atoms with Crippen molar-refractivity contribution in [3.8, 4) is 0 Å². The summed E-state index contributed by atoms with van der Waals surface area (Å²) in [5.74, 6) is 0.188. The zero-order valence-electron chi connectivity index (χ0n) is 13.6. The maximum atomic E-state index is 12.1. The molecule has 2 atom stereocenters. The standard InChI is InChI=1S/C16H33N3O/c1-4-8-14(3)18-16(20)13-19-11-7-6-9-15(19)12-17-10-5-2/h14-15,17H,4-13H2,1-3H3,(H,18,20). The Hall–Kier alpha value is -0.610. The van der Waals surface area contributed by atoms with Gasteiger partial charge in [0.25, 0.3) is 0 Å². The lowest BCUT2D eigenvalue weighted by molar-refractivity contribution is -0.123. The van der Waals surface area contributed by atoms with E-state index in [1.54, 1.807) is 0 Å². The Balaban J connectivity index is 2.35. The number of likely N-dealkylation sites (tertiary alicyclic amines) is 1. The molecular formula is C16H33N3O. The predicted molar refractivity (Wildman–Crippen MR) is 84.9 cm³/mol. The predicted octanol–water partition coefficient (Wildman–Crippen LogP) is 2.15. The van der Waals surface area contributed by atoms with Crippen molar-refractivity contribution in [1.29, 1.82) is 0 Å². The summed E-state index contributed by atoms with van der Waals surface area (Å²) in [5.41, 5.74) is 0. The fourth-order valence-electron chi connectivity index (χ4n) is 2.95. The van der Waals surface area contributed by atoms with Crippen LogP contribution in [0, 0.1) is 0 Å². The Morgan fingerprint density at radius 1 is 1.30 bits per heavy atom. The summed E-state index contributed by atoms with van der Waals surface area (Å²) in [6.45, 7) is 10.2. The Labute approximate surface area is 124 Å². The molecule has 1 rings (SSSR count). The van der Waals surface area contributed by atoms with Gasteiger partial charge >= 0.3 is 0 Å². The van der Waals surface area contributed by atoms with Crippen LogP contribution in [0.5, 0.6) is 0 Å². The van der Waals surface area contributed by atoms with Crippen molar-refractivity contribution in [3.05, 3.63) is 0 Å². The van der Waals surface area contributed by atoms with E-state index >= 15 is 0 Å². The summed E-state index contributed by atoms with van der Waals surface area (Å²) >= 11 is 0. The minimum atomic E-state index is 0.188. The Kier molecular flexibility index (Phi) is 8.86. The number of rotatable bonds is 9. The highest BCUT2D eigenvalue weighted by Crippen LogP contribution is 2.16. The topological polar surface area (TPSA) is 44.4 Å². The van der Waals surface area contributed by atoms with Gasteiger partial charge < -0.3 is 10.6 Å². The van der Waals surface area contributed by atoms with E-state index in [9.17, 15) is 4.79 Å². The van der Waals surface area contributed by atoms with Crippen LogP contribution in [0.4, 0.5) is 0 Å². The third-order valence-corrected chi connectivity index (χ3v) is 4.03. The first-order valence-corrected chi connectivity index (χ1v) is 8.41. The molecule has 0 aromatic heterocycles. The summed E-state index contributed by atoms with van der Waals surface area (Å²) in [6, 6.07) is 0.830. The van der Waals surface area contributed by atoms with E-state index in [0.717, 1.165) is 32.5 Å². The highest BCUT2D eigenvalue weighted by molar-refractivity contribution is 5.78. The number of nitrogens with zero attached hydrogens (tertiary/aromatic N) is 1. The maximum absolute atomic E-state index is 12.1. The summed E-state index contributed by atoms with van der Waals surface area (Å²) in [5, 5.41) is 6.61. The van der Waals surface area contributed by atoms with Crippen molar-refractivity contribution in [1.82, 2.24) is 15.5 Å². The number of carbonyl (C=O) groups is 1. The SMILES string of the molecule is CCCNCC1CCCCN1CC(=O)NC(C)CCC. The first-order valence-electron chi connectivity index (χ1n) is 8.41. The minimum Gasteiger partial charge on any atom is -0.353 e. The summed E-state index contributed by atoms with van der Waals surface area (Å²) < 4.78 is 0. The number of hydrogen-bond donors (Lipinski definition) is 2. The van der Waals surface area contributed by atoms with E-state index < -0.39 is 0 Å². The molecular weight excluding hydrogens is 250 g/mol. The van der Waals surface area contributed by atoms with Gasteiger partial charge in [-0.05, 0) is 45.7 Å². The Morgan fingerprint density at radius 3 is 2.80 bits per heavy atom. The first kappa shape index (κ1) is 17.4. The van der Waals surface area contributed by atoms with Crippen molar-refractivity contribution in [2.75, 3.05) is 26.2 Å². The second kappa shape index (κ2) is 10.2. The van der Waals surface area contributed by atoms with Crippen LogP contribution >= 0.6 is 0 Å². The van der Waals surface area contributed by atoms with E-state index in [1.165, 1.54) is 25.7 Å². The minimum absolute atomic E-state index is 0.188. The lowest BCUT2D eigenvalue weighted by Crippen LogP contribution is -2.50. The van der Waals surface area contributed by atoms with E-state index in [2.05, 4.69) is 36.3 Å². The summed E-state index contributed by atoms with van der Waals surface area (Å²) in [7, 11) is 0. The van der Waals surface area contributed by atoms with Crippen molar-refractivity contribution < 1.29 is 4.79 Å². The van der Waals surface area contributed by atoms with Crippen molar-refractivity contribution in [3.63, 3.8) is 0 Å². The van der Waals surface area contributed by atoms with E-state index in [1.807, 2.05) is 0 Å². The lowest BCUT2D eigenvalue weighted by Gasteiger charge is -2.35. The lowest BCUT2D eigenvalue weighted by atomic mass is 10.0. The molecule has 0 spiro atoms. The van der Waals surface area contributed by atoms with Crippen LogP contribution in [0.1, 0.15) is 59.3 Å². The molecule has 1 amide bonds. The fraction of sp³-hybridized carbons (Fsp3) is 0.938. The van der Waals surface area contributed by atoms with Gasteiger partial charge in [-0.3, -0.25) is 9.69 Å². The molecule has 4 nitrogen and oxygen atoms in total. The molecule has 0 aromatic carbocycles. The van der Waals surface area contributed by atoms with Crippen LogP contribution in [0.3, 0.4) is 0 Å². The van der Waals surface area contributed by atoms with Gasteiger partial charge in [0.05, 0.1) is 6.54 Å². The molecule has 1 saturated heterocycles. The third-order valence-electron chi connectivity index (χ3n) is 4.03. The number of nitrogens with one attached hydrogen (secondary N) is 2. The summed E-state index contributed by atoms with van der Waals surface area (Å²) in [6.07, 6.45) is 7.09. The largest absolute Gasteiger partial charge is 0.353 e. The molecule has 0 bridgehead atoms. The number of hydrogen-bond acceptors (Lipinski definition) is 3. The second-order valence-electron chi connectivity index (χ2n) is 6.08. The van der Waals surface area contributed by atoms with Crippen LogP contribution in [0.25, 0.3) is 0 Å². The number of carbonyl (C=O) groups excluding carboxylic acids is 1. The monoisotopic (exact) mass is 283 g/mol. The fourth-order valence-corrected chi connectivity index (χ4v) is 2.95. The van der Waals surface area contributed by atoms with Gasteiger partial charge in [-0.2, -0.15) is 0 Å². The molecule has 0 radical (unpaired) electrons. The number of piperidine rings is 1. The van der Waals surface area contributed by atoms with Gasteiger partial charge in [0.1, 0.15) is 0 Å². The second-order valence-corrected chi connectivity index (χ2v) is 6.08. The molecule has 1 aliphatic rings. The van der Waals surface area contributed by atoms with Crippen molar-refractivity contribution >= 4 is 5.91 Å². The average molecular weight is 283 g/mol. The van der Waals surface area contributed by atoms with Gasteiger partial charge in [0.15, 0.2) is 0 Å². The molecule has 0 aromatic rings. The van der Waals surface area contributed by atoms with Crippen LogP contribution in [0.2, 0.25) is 0 Å². The molecule has 1 heterocycles. The maximum Gasteiger partial charge on any atom is 0.234 e. The Morgan fingerprint density at radius 2 is 2.10 bits per heavy atom. The van der Waals surface area contributed by atoms with Gasteiger partial charge in [-0.25, -0.2) is 0 Å². The van der Waals surface area contributed by atoms with Crippen molar-refractivity contribution in [2.24, 2.45) is 0 Å². The highest BCUT2D eigenvalue weighted by Gasteiger charge is 2.24. The summed E-state index contributed by atoms with van der Waals surface area (Å²) in [4.78, 5) is 14.5. The smallest absolute Gasteiger partial charge is 0.234 e. The number of amides is 1. The molecule has 118 valence electrons. The molecule has 1 aliphatic heterocycles. The van der Waals surface area contributed by atoms with Gasteiger partial charge in [0, 0.05) is 18.6 Å². The molecule has 2 N–H and O–H groups in total. The Bertz CT molecular complexity index is 270. The highest BCUT2D eigenvalue weighted by atomic mass is 16.2. The van der Waals surface area contributed by atoms with Gasteiger partial charge in [0.2, 0.25) is 5.91 Å². The third kappa shape index (κ3) is 6.71. The first-order chi connectivity index (χ1) is 9.67. The van der Waals surface area contributed by atoms with E-state index in [4.69, 9.17) is 0 Å². The van der Waals surface area contributed by atoms with Gasteiger partial charge in [-0.1, -0.05) is 26.7 Å². The molecule has 20 heavy (non-hydrogen) atoms. The molecule has 4 heteroatoms. The van der Waals surface area contributed by atoms with Gasteiger partial charge in [-0.15, -0.1) is 0 Å². The normalized spacial score (nSPS) is 21.6. The zero-order valence-corrected chi connectivity index (χ0v) is 13.6. The molecule has 2 unspecified atom stereocenters. The molecule has 0 aliphatic carbocycles. The van der Waals surface area contributed by atoms with Crippen LogP contribution in [-0.2, 0) is 4.79 Å².